The Labute approximate surface area is 178 Å². The number of benzene rings is 2. The number of hydrogen-bond acceptors (Lipinski definition) is 3. The van der Waals surface area contributed by atoms with Crippen molar-refractivity contribution in [3.8, 4) is 5.75 Å². The van der Waals surface area contributed by atoms with E-state index in [-0.39, 0.29) is 11.3 Å². The Morgan fingerprint density at radius 2 is 1.97 bits per heavy atom. The van der Waals surface area contributed by atoms with Crippen LogP contribution in [0, 0.1) is 17.3 Å². The summed E-state index contributed by atoms with van der Waals surface area (Å²) in [5.74, 6) is -0.171. The Morgan fingerprint density at radius 3 is 2.60 bits per heavy atom. The Hall–Kier alpha value is -2.33. The molecule has 2 aromatic carbocycles. The third kappa shape index (κ3) is 2.88. The highest BCUT2D eigenvalue weighted by atomic mass is 16.4. The van der Waals surface area contributed by atoms with E-state index < -0.39 is 5.97 Å². The largest absolute Gasteiger partial charge is 0.508 e. The van der Waals surface area contributed by atoms with Gasteiger partial charge in [0.1, 0.15) is 5.75 Å². The van der Waals surface area contributed by atoms with Gasteiger partial charge in [0.15, 0.2) is 0 Å². The monoisotopic (exact) mass is 405 g/mol. The fourth-order valence-corrected chi connectivity index (χ4v) is 6.96. The first kappa shape index (κ1) is 19.6. The Kier molecular flexibility index (Phi) is 4.66. The quantitative estimate of drug-likeness (QED) is 0.745. The summed E-state index contributed by atoms with van der Waals surface area (Å²) in [5.41, 5.74) is 2.78. The van der Waals surface area contributed by atoms with Gasteiger partial charge in [0.05, 0.1) is 5.92 Å². The number of aromatic hydroxyl groups is 1. The zero-order chi connectivity index (χ0) is 20.9. The minimum atomic E-state index is -0.695. The molecule has 2 heterocycles. The van der Waals surface area contributed by atoms with E-state index in [1.165, 1.54) is 24.8 Å². The molecule has 4 heteroatoms. The van der Waals surface area contributed by atoms with Gasteiger partial charge in [-0.3, -0.25) is 9.69 Å². The summed E-state index contributed by atoms with van der Waals surface area (Å²) >= 11 is 0. The first-order valence-corrected chi connectivity index (χ1v) is 11.2. The van der Waals surface area contributed by atoms with Crippen LogP contribution in [0.3, 0.4) is 0 Å². The minimum absolute atomic E-state index is 0.115. The summed E-state index contributed by atoms with van der Waals surface area (Å²) in [7, 11) is 0. The number of fused-ring (bicyclic) bond motifs is 2. The maximum Gasteiger partial charge on any atom is 0.308 e. The van der Waals surface area contributed by atoms with Crippen molar-refractivity contribution in [3.63, 3.8) is 0 Å². The Balaban J connectivity index is 1.38. The standard InChI is InChI=1S/C26H31NO3/c1-18-25(21-8-5-9-22(28)15-21)12-13-27(23-10-11-26(18,23)17-25)16-20(24(29)30)14-19-6-3-2-4-7-19/h2-9,15,18,20,23,28H,10-14,16-17H2,1H3,(H,29,30). The summed E-state index contributed by atoms with van der Waals surface area (Å²) < 4.78 is 0. The maximum atomic E-state index is 12.1. The van der Waals surface area contributed by atoms with Gasteiger partial charge in [-0.1, -0.05) is 49.4 Å². The van der Waals surface area contributed by atoms with Crippen LogP contribution in [0.5, 0.6) is 5.75 Å². The predicted molar refractivity (Wildman–Crippen MR) is 116 cm³/mol. The molecule has 2 saturated carbocycles. The number of carboxylic acids is 1. The number of aliphatic carboxylic acids is 1. The fraction of sp³-hybridized carbons (Fsp3) is 0.500. The molecule has 158 valence electrons. The van der Waals surface area contributed by atoms with Crippen molar-refractivity contribution in [3.05, 3.63) is 65.7 Å². The zero-order valence-corrected chi connectivity index (χ0v) is 17.6. The van der Waals surface area contributed by atoms with E-state index >= 15 is 0 Å². The number of carbonyl (C=O) groups is 1. The average molecular weight is 406 g/mol. The molecule has 30 heavy (non-hydrogen) atoms. The van der Waals surface area contributed by atoms with Crippen LogP contribution in [-0.4, -0.2) is 40.2 Å². The normalized spacial score (nSPS) is 33.5. The van der Waals surface area contributed by atoms with Crippen LogP contribution in [-0.2, 0) is 16.6 Å². The van der Waals surface area contributed by atoms with Gasteiger partial charge in [-0.05, 0) is 73.2 Å². The van der Waals surface area contributed by atoms with E-state index in [4.69, 9.17) is 0 Å². The highest BCUT2D eigenvalue weighted by Gasteiger charge is 2.70. The molecule has 0 amide bonds. The van der Waals surface area contributed by atoms with E-state index in [0.717, 1.165) is 18.5 Å². The van der Waals surface area contributed by atoms with Crippen LogP contribution < -0.4 is 0 Å². The average Bonchev–Trinajstić information content (AvgIpc) is 2.85. The predicted octanol–water partition coefficient (Wildman–Crippen LogP) is 4.47. The molecule has 1 spiro atoms. The van der Waals surface area contributed by atoms with Gasteiger partial charge < -0.3 is 10.2 Å². The highest BCUT2D eigenvalue weighted by Crippen LogP contribution is 2.72. The van der Waals surface area contributed by atoms with Gasteiger partial charge in [0, 0.05) is 18.0 Å². The lowest BCUT2D eigenvalue weighted by atomic mass is 9.36. The molecule has 2 aliphatic carbocycles. The minimum Gasteiger partial charge on any atom is -0.508 e. The van der Waals surface area contributed by atoms with Crippen molar-refractivity contribution < 1.29 is 15.0 Å². The molecule has 2 aliphatic heterocycles. The highest BCUT2D eigenvalue weighted by molar-refractivity contribution is 5.70. The zero-order valence-electron chi connectivity index (χ0n) is 17.6. The third-order valence-electron chi connectivity index (χ3n) is 8.72. The van der Waals surface area contributed by atoms with E-state index in [1.807, 2.05) is 42.5 Å². The second kappa shape index (κ2) is 7.12. The molecule has 4 fully saturated rings. The van der Waals surface area contributed by atoms with E-state index in [0.29, 0.717) is 36.1 Å². The first-order chi connectivity index (χ1) is 14.4. The van der Waals surface area contributed by atoms with Gasteiger partial charge in [-0.2, -0.15) is 0 Å². The van der Waals surface area contributed by atoms with Gasteiger partial charge in [-0.25, -0.2) is 0 Å². The molecule has 2 aromatic rings. The molecule has 4 aliphatic rings. The molecule has 2 saturated heterocycles. The molecular formula is C26H31NO3. The van der Waals surface area contributed by atoms with Crippen molar-refractivity contribution >= 4 is 5.97 Å². The van der Waals surface area contributed by atoms with Crippen molar-refractivity contribution in [2.45, 2.75) is 50.5 Å². The molecule has 0 aromatic heterocycles. The van der Waals surface area contributed by atoms with Crippen molar-refractivity contribution in [2.24, 2.45) is 17.3 Å². The lowest BCUT2D eigenvalue weighted by Crippen LogP contribution is -2.68. The van der Waals surface area contributed by atoms with Crippen LogP contribution in [0.25, 0.3) is 0 Å². The van der Waals surface area contributed by atoms with E-state index in [2.05, 4.69) is 17.9 Å². The van der Waals surface area contributed by atoms with E-state index in [9.17, 15) is 15.0 Å². The summed E-state index contributed by atoms with van der Waals surface area (Å²) in [6.07, 6.45) is 5.21. The van der Waals surface area contributed by atoms with E-state index in [1.54, 1.807) is 6.07 Å². The molecule has 6 rings (SSSR count). The number of nitrogens with zero attached hydrogens (tertiary/aromatic N) is 1. The maximum absolute atomic E-state index is 12.1. The molecule has 5 unspecified atom stereocenters. The summed E-state index contributed by atoms with van der Waals surface area (Å²) in [6.45, 7) is 3.95. The molecule has 4 nitrogen and oxygen atoms in total. The molecular weight excluding hydrogens is 374 g/mol. The van der Waals surface area contributed by atoms with Crippen LogP contribution >= 0.6 is 0 Å². The SMILES string of the molecule is CC1C2(c3cccc(O)c3)CCN(CC(Cc3ccccc3)C(=O)O)C3CCC31C2. The van der Waals surface area contributed by atoms with Gasteiger partial charge in [0.2, 0.25) is 0 Å². The fourth-order valence-electron chi connectivity index (χ4n) is 6.96. The van der Waals surface area contributed by atoms with Gasteiger partial charge >= 0.3 is 5.97 Å². The lowest BCUT2D eigenvalue weighted by Gasteiger charge is -2.69. The number of carboxylic acid groups (broad SMARTS) is 1. The second-order valence-electron chi connectivity index (χ2n) is 9.86. The van der Waals surface area contributed by atoms with Gasteiger partial charge in [0.25, 0.3) is 0 Å². The topological polar surface area (TPSA) is 60.8 Å². The summed E-state index contributed by atoms with van der Waals surface area (Å²) in [5, 5.41) is 20.0. The number of hydrogen-bond donors (Lipinski definition) is 2. The Bertz CT molecular complexity index is 944. The van der Waals surface area contributed by atoms with Crippen LogP contribution in [0.2, 0.25) is 0 Å². The van der Waals surface area contributed by atoms with Crippen molar-refractivity contribution in [2.75, 3.05) is 13.1 Å². The third-order valence-corrected chi connectivity index (χ3v) is 8.72. The first-order valence-electron chi connectivity index (χ1n) is 11.2. The molecule has 2 N–H and O–H groups in total. The van der Waals surface area contributed by atoms with Crippen LogP contribution in [0.15, 0.2) is 54.6 Å². The summed E-state index contributed by atoms with van der Waals surface area (Å²) in [4.78, 5) is 14.6. The number of phenolic OH excluding ortho intramolecular Hbond substituents is 1. The number of rotatable bonds is 6. The lowest BCUT2D eigenvalue weighted by molar-refractivity contribution is -0.159. The Morgan fingerprint density at radius 1 is 1.17 bits per heavy atom. The van der Waals surface area contributed by atoms with Gasteiger partial charge in [-0.15, -0.1) is 0 Å². The molecule has 5 atom stereocenters. The molecule has 0 radical (unpaired) electrons. The van der Waals surface area contributed by atoms with Crippen molar-refractivity contribution in [1.29, 1.82) is 0 Å². The smallest absolute Gasteiger partial charge is 0.308 e. The summed E-state index contributed by atoms with van der Waals surface area (Å²) in [6, 6.07) is 18.3. The van der Waals surface area contributed by atoms with Crippen LogP contribution in [0.4, 0.5) is 0 Å². The second-order valence-corrected chi connectivity index (χ2v) is 9.86. The number of phenols is 1. The van der Waals surface area contributed by atoms with Crippen molar-refractivity contribution in [1.82, 2.24) is 4.90 Å². The molecule has 2 bridgehead atoms. The van der Waals surface area contributed by atoms with Crippen LogP contribution in [0.1, 0.15) is 43.7 Å².